The molecule has 1 unspecified atom stereocenters. The summed E-state index contributed by atoms with van der Waals surface area (Å²) in [5.74, 6) is 1.14. The smallest absolute Gasteiger partial charge is 0.372 e. The van der Waals surface area contributed by atoms with Crippen LogP contribution in [0.25, 0.3) is 5.65 Å². The van der Waals surface area contributed by atoms with Crippen LogP contribution < -0.4 is 10.1 Å². The predicted molar refractivity (Wildman–Crippen MR) is 89.5 cm³/mol. The summed E-state index contributed by atoms with van der Waals surface area (Å²) in [6.45, 7) is 2.67. The van der Waals surface area contributed by atoms with E-state index in [1.54, 1.807) is 24.4 Å². The fourth-order valence-electron chi connectivity index (χ4n) is 3.02. The van der Waals surface area contributed by atoms with E-state index in [2.05, 4.69) is 16.4 Å². The van der Waals surface area contributed by atoms with Crippen LogP contribution in [-0.4, -0.2) is 20.9 Å². The predicted octanol–water partition coefficient (Wildman–Crippen LogP) is 3.35. The van der Waals surface area contributed by atoms with Crippen LogP contribution in [0.3, 0.4) is 0 Å². The van der Waals surface area contributed by atoms with Gasteiger partial charge in [0.25, 0.3) is 0 Å². The highest BCUT2D eigenvalue weighted by atomic mass is 16.6. The normalized spacial score (nSPS) is 14.2. The Morgan fingerprint density at radius 1 is 1.38 bits per heavy atom. The molecule has 4 rings (SSSR count). The Hall–Kier alpha value is -3.09. The zero-order valence-electron chi connectivity index (χ0n) is 13.1. The first-order valence-electron chi connectivity index (χ1n) is 7.77. The molecule has 0 aliphatic carbocycles. The minimum absolute atomic E-state index is 0.0538. The molecule has 0 fully saturated rings. The number of fused-ring (bicyclic) bond motifs is 2. The zero-order chi connectivity index (χ0) is 16.7. The van der Waals surface area contributed by atoms with Crippen LogP contribution in [0, 0.1) is 10.1 Å². The van der Waals surface area contributed by atoms with Crippen molar-refractivity contribution < 1.29 is 9.66 Å². The van der Waals surface area contributed by atoms with Crippen molar-refractivity contribution in [2.45, 2.75) is 19.4 Å². The molecule has 0 radical (unpaired) electrons. The molecule has 1 N–H and O–H groups in total. The van der Waals surface area contributed by atoms with Crippen LogP contribution in [-0.2, 0) is 6.42 Å². The number of benzene rings is 1. The van der Waals surface area contributed by atoms with E-state index in [-0.39, 0.29) is 17.7 Å². The summed E-state index contributed by atoms with van der Waals surface area (Å²) < 4.78 is 6.99. The molecule has 0 spiro atoms. The van der Waals surface area contributed by atoms with Gasteiger partial charge < -0.3 is 20.2 Å². The van der Waals surface area contributed by atoms with Crippen molar-refractivity contribution in [3.8, 4) is 5.75 Å². The number of pyridine rings is 1. The molecule has 7 heteroatoms. The van der Waals surface area contributed by atoms with E-state index in [0.717, 1.165) is 17.7 Å². The van der Waals surface area contributed by atoms with Crippen LogP contribution in [0.15, 0.2) is 42.6 Å². The van der Waals surface area contributed by atoms with Crippen molar-refractivity contribution >= 4 is 17.3 Å². The minimum atomic E-state index is -0.411. The SMILES string of the molecule is CC(Nc1nc2ccccn2c1[N+](=O)[O-])c1ccc2c(c1)CCO2. The lowest BCUT2D eigenvalue weighted by Crippen LogP contribution is -2.09. The van der Waals surface area contributed by atoms with Gasteiger partial charge in [-0.1, -0.05) is 12.1 Å². The Bertz CT molecular complexity index is 935. The van der Waals surface area contributed by atoms with Gasteiger partial charge >= 0.3 is 5.82 Å². The summed E-state index contributed by atoms with van der Waals surface area (Å²) in [6, 6.07) is 11.2. The molecule has 7 nitrogen and oxygen atoms in total. The van der Waals surface area contributed by atoms with Crippen LogP contribution in [0.2, 0.25) is 0 Å². The van der Waals surface area contributed by atoms with Crippen molar-refractivity contribution in [2.75, 3.05) is 11.9 Å². The van der Waals surface area contributed by atoms with Crippen molar-refractivity contribution in [3.05, 3.63) is 63.8 Å². The molecular weight excluding hydrogens is 308 g/mol. The summed E-state index contributed by atoms with van der Waals surface area (Å²) in [5, 5.41) is 14.6. The highest BCUT2D eigenvalue weighted by Crippen LogP contribution is 2.32. The quantitative estimate of drug-likeness (QED) is 0.588. The molecular formula is C17H16N4O3. The summed E-state index contributed by atoms with van der Waals surface area (Å²) in [7, 11) is 0. The topological polar surface area (TPSA) is 81.7 Å². The van der Waals surface area contributed by atoms with E-state index in [1.807, 2.05) is 19.1 Å². The Morgan fingerprint density at radius 2 is 2.25 bits per heavy atom. The summed E-state index contributed by atoms with van der Waals surface area (Å²) in [5.41, 5.74) is 2.76. The van der Waals surface area contributed by atoms with Gasteiger partial charge in [0.15, 0.2) is 0 Å². The first kappa shape index (κ1) is 14.5. The lowest BCUT2D eigenvalue weighted by molar-refractivity contribution is -0.389. The Labute approximate surface area is 138 Å². The molecule has 0 bridgehead atoms. The van der Waals surface area contributed by atoms with Gasteiger partial charge in [-0.3, -0.25) is 0 Å². The number of aromatic nitrogens is 2. The first-order valence-corrected chi connectivity index (χ1v) is 7.77. The molecule has 1 aliphatic rings. The lowest BCUT2D eigenvalue weighted by atomic mass is 10.0. The molecule has 24 heavy (non-hydrogen) atoms. The zero-order valence-corrected chi connectivity index (χ0v) is 13.1. The number of hydrogen-bond acceptors (Lipinski definition) is 5. The van der Waals surface area contributed by atoms with Gasteiger partial charge in [-0.05, 0) is 41.2 Å². The van der Waals surface area contributed by atoms with Gasteiger partial charge in [0.2, 0.25) is 11.5 Å². The fraction of sp³-hybridized carbons (Fsp3) is 0.235. The number of ether oxygens (including phenoxy) is 1. The second-order valence-electron chi connectivity index (χ2n) is 5.80. The lowest BCUT2D eigenvalue weighted by Gasteiger charge is -2.14. The molecule has 2 aromatic heterocycles. The third-order valence-electron chi connectivity index (χ3n) is 4.24. The Morgan fingerprint density at radius 3 is 3.08 bits per heavy atom. The molecule has 122 valence electrons. The fourth-order valence-corrected chi connectivity index (χ4v) is 3.02. The molecule has 0 saturated heterocycles. The molecule has 1 aliphatic heterocycles. The average molecular weight is 324 g/mol. The molecule has 1 atom stereocenters. The molecule has 3 aromatic rings. The first-order chi connectivity index (χ1) is 11.6. The van der Waals surface area contributed by atoms with Gasteiger partial charge in [-0.25, -0.2) is 0 Å². The number of anilines is 1. The number of nitrogens with one attached hydrogen (secondary N) is 1. The largest absolute Gasteiger partial charge is 0.493 e. The van der Waals surface area contributed by atoms with Gasteiger partial charge in [0, 0.05) is 12.5 Å². The highest BCUT2D eigenvalue weighted by molar-refractivity contribution is 5.62. The second kappa shape index (κ2) is 5.52. The third kappa shape index (κ3) is 2.34. The third-order valence-corrected chi connectivity index (χ3v) is 4.24. The molecule has 3 heterocycles. The maximum Gasteiger partial charge on any atom is 0.372 e. The Balaban J connectivity index is 1.68. The standard InChI is InChI=1S/C17H16N4O3/c1-11(12-5-6-14-13(10-12)7-9-24-14)18-16-17(21(22)23)20-8-3-2-4-15(20)19-16/h2-6,8,10-11,18H,7,9H2,1H3. The number of nitro groups is 1. The second-order valence-corrected chi connectivity index (χ2v) is 5.80. The number of hydrogen-bond donors (Lipinski definition) is 1. The van der Waals surface area contributed by atoms with Gasteiger partial charge in [0.1, 0.15) is 5.75 Å². The van der Waals surface area contributed by atoms with Crippen molar-refractivity contribution in [2.24, 2.45) is 0 Å². The van der Waals surface area contributed by atoms with Crippen LogP contribution >= 0.6 is 0 Å². The van der Waals surface area contributed by atoms with Crippen LogP contribution in [0.4, 0.5) is 11.6 Å². The summed E-state index contributed by atoms with van der Waals surface area (Å²) in [6.07, 6.45) is 2.54. The van der Waals surface area contributed by atoms with E-state index in [9.17, 15) is 10.1 Å². The Kier molecular flexibility index (Phi) is 3.34. The van der Waals surface area contributed by atoms with E-state index in [1.165, 1.54) is 9.96 Å². The maximum absolute atomic E-state index is 11.5. The van der Waals surface area contributed by atoms with E-state index >= 15 is 0 Å². The van der Waals surface area contributed by atoms with Crippen molar-refractivity contribution in [1.29, 1.82) is 0 Å². The summed E-state index contributed by atoms with van der Waals surface area (Å²) >= 11 is 0. The molecule has 0 amide bonds. The van der Waals surface area contributed by atoms with Crippen molar-refractivity contribution in [3.63, 3.8) is 0 Å². The van der Waals surface area contributed by atoms with E-state index < -0.39 is 4.92 Å². The number of nitrogens with zero attached hydrogens (tertiary/aromatic N) is 3. The van der Waals surface area contributed by atoms with Gasteiger partial charge in [0.05, 0.1) is 18.8 Å². The summed E-state index contributed by atoms with van der Waals surface area (Å²) in [4.78, 5) is 15.4. The van der Waals surface area contributed by atoms with E-state index in [0.29, 0.717) is 12.3 Å². The van der Waals surface area contributed by atoms with Crippen LogP contribution in [0.1, 0.15) is 24.1 Å². The van der Waals surface area contributed by atoms with Crippen LogP contribution in [0.5, 0.6) is 5.75 Å². The van der Waals surface area contributed by atoms with Gasteiger partial charge in [-0.15, -0.1) is 0 Å². The minimum Gasteiger partial charge on any atom is -0.493 e. The average Bonchev–Trinajstić information content (AvgIpc) is 3.17. The van der Waals surface area contributed by atoms with Gasteiger partial charge in [-0.2, -0.15) is 9.38 Å². The van der Waals surface area contributed by atoms with E-state index in [4.69, 9.17) is 4.74 Å². The highest BCUT2D eigenvalue weighted by Gasteiger charge is 2.24. The maximum atomic E-state index is 11.5. The van der Waals surface area contributed by atoms with Crippen molar-refractivity contribution in [1.82, 2.24) is 9.38 Å². The monoisotopic (exact) mass is 324 g/mol. The molecule has 1 aromatic carbocycles. The molecule has 0 saturated carbocycles. The number of rotatable bonds is 4. The number of imidazole rings is 1.